The van der Waals surface area contributed by atoms with Gasteiger partial charge in [0.2, 0.25) is 0 Å². The zero-order valence-corrected chi connectivity index (χ0v) is 13.8. The lowest BCUT2D eigenvalue weighted by Crippen LogP contribution is -2.34. The van der Waals surface area contributed by atoms with E-state index < -0.39 is 4.92 Å². The number of rotatable bonds is 6. The minimum atomic E-state index is -0.473. The SMILES string of the molecule is CC(C)CCN(C(=O)c1cc([N+](=O)[O-])ccc1Br)C1CC1. The van der Waals surface area contributed by atoms with Crippen molar-refractivity contribution in [1.82, 2.24) is 4.90 Å². The molecule has 2 rings (SSSR count). The van der Waals surface area contributed by atoms with Crippen molar-refractivity contribution in [1.29, 1.82) is 0 Å². The second-order valence-corrected chi connectivity index (χ2v) is 6.69. The molecule has 114 valence electrons. The summed E-state index contributed by atoms with van der Waals surface area (Å²) in [6.07, 6.45) is 2.99. The Bertz CT molecular complexity index is 556. The van der Waals surface area contributed by atoms with Gasteiger partial charge in [-0.15, -0.1) is 0 Å². The van der Waals surface area contributed by atoms with Crippen LogP contribution in [0.25, 0.3) is 0 Å². The fraction of sp³-hybridized carbons (Fsp3) is 0.533. The summed E-state index contributed by atoms with van der Waals surface area (Å²) >= 11 is 3.33. The molecule has 0 atom stereocenters. The van der Waals surface area contributed by atoms with Crippen molar-refractivity contribution in [2.24, 2.45) is 5.92 Å². The van der Waals surface area contributed by atoms with Gasteiger partial charge in [0.15, 0.2) is 0 Å². The maximum absolute atomic E-state index is 12.7. The molecule has 0 heterocycles. The van der Waals surface area contributed by atoms with Crippen LogP contribution in [0, 0.1) is 16.0 Å². The van der Waals surface area contributed by atoms with Crippen LogP contribution in [0.1, 0.15) is 43.5 Å². The van der Waals surface area contributed by atoms with Crippen LogP contribution in [0.5, 0.6) is 0 Å². The summed E-state index contributed by atoms with van der Waals surface area (Å²) in [5, 5.41) is 10.9. The van der Waals surface area contributed by atoms with Gasteiger partial charge in [-0.1, -0.05) is 13.8 Å². The van der Waals surface area contributed by atoms with Crippen LogP contribution in [-0.2, 0) is 0 Å². The van der Waals surface area contributed by atoms with Crippen molar-refractivity contribution in [3.63, 3.8) is 0 Å². The molecule has 1 aromatic rings. The van der Waals surface area contributed by atoms with Crippen molar-refractivity contribution >= 4 is 27.5 Å². The number of carbonyl (C=O) groups excluding carboxylic acids is 1. The normalized spacial score (nSPS) is 14.3. The Morgan fingerprint density at radius 2 is 2.14 bits per heavy atom. The van der Waals surface area contributed by atoms with Crippen molar-refractivity contribution in [3.8, 4) is 0 Å². The first kappa shape index (κ1) is 15.9. The summed E-state index contributed by atoms with van der Waals surface area (Å²) < 4.78 is 0.605. The fourth-order valence-corrected chi connectivity index (χ4v) is 2.60. The van der Waals surface area contributed by atoms with Crippen LogP contribution in [-0.4, -0.2) is 28.3 Å². The van der Waals surface area contributed by atoms with E-state index in [1.807, 2.05) is 4.90 Å². The molecule has 0 radical (unpaired) electrons. The number of nitrogens with zero attached hydrogens (tertiary/aromatic N) is 2. The van der Waals surface area contributed by atoms with E-state index >= 15 is 0 Å². The molecule has 1 aromatic carbocycles. The molecule has 1 aliphatic carbocycles. The molecule has 5 nitrogen and oxygen atoms in total. The fourth-order valence-electron chi connectivity index (χ4n) is 2.18. The van der Waals surface area contributed by atoms with Gasteiger partial charge in [0.05, 0.1) is 10.5 Å². The van der Waals surface area contributed by atoms with Gasteiger partial charge in [-0.2, -0.15) is 0 Å². The van der Waals surface area contributed by atoms with Crippen molar-refractivity contribution < 1.29 is 9.72 Å². The van der Waals surface area contributed by atoms with Gasteiger partial charge in [0.25, 0.3) is 11.6 Å². The predicted octanol–water partition coefficient (Wildman–Crippen LogP) is 4.01. The molecule has 1 fully saturated rings. The monoisotopic (exact) mass is 354 g/mol. The maximum Gasteiger partial charge on any atom is 0.270 e. The Hall–Kier alpha value is -1.43. The van der Waals surface area contributed by atoms with Crippen LogP contribution in [0.4, 0.5) is 5.69 Å². The Labute approximate surface area is 132 Å². The Balaban J connectivity index is 2.23. The smallest absolute Gasteiger partial charge is 0.270 e. The summed E-state index contributed by atoms with van der Waals surface area (Å²) in [5.74, 6) is 0.404. The van der Waals surface area contributed by atoms with Gasteiger partial charge in [0, 0.05) is 29.2 Å². The number of nitro benzene ring substituents is 1. The minimum Gasteiger partial charge on any atom is -0.336 e. The highest BCUT2D eigenvalue weighted by molar-refractivity contribution is 9.10. The molecule has 0 aromatic heterocycles. The molecule has 21 heavy (non-hydrogen) atoms. The van der Waals surface area contributed by atoms with Gasteiger partial charge in [0.1, 0.15) is 0 Å². The number of hydrogen-bond acceptors (Lipinski definition) is 3. The third-order valence-electron chi connectivity index (χ3n) is 3.59. The highest BCUT2D eigenvalue weighted by Crippen LogP contribution is 2.31. The third kappa shape index (κ3) is 4.03. The van der Waals surface area contributed by atoms with E-state index in [1.165, 1.54) is 12.1 Å². The van der Waals surface area contributed by atoms with Gasteiger partial charge in [-0.05, 0) is 47.2 Å². The lowest BCUT2D eigenvalue weighted by Gasteiger charge is -2.24. The van der Waals surface area contributed by atoms with Crippen LogP contribution in [0.2, 0.25) is 0 Å². The van der Waals surface area contributed by atoms with Crippen LogP contribution < -0.4 is 0 Å². The molecule has 0 N–H and O–H groups in total. The maximum atomic E-state index is 12.7. The Kier molecular flexibility index (Phi) is 4.98. The molecule has 1 amide bonds. The molecule has 0 bridgehead atoms. The first-order valence-corrected chi connectivity index (χ1v) is 7.94. The summed E-state index contributed by atoms with van der Waals surface area (Å²) in [6, 6.07) is 4.62. The largest absolute Gasteiger partial charge is 0.336 e. The summed E-state index contributed by atoms with van der Waals surface area (Å²) in [7, 11) is 0. The van der Waals surface area contributed by atoms with E-state index in [0.29, 0.717) is 28.5 Å². The average molecular weight is 355 g/mol. The number of amides is 1. The van der Waals surface area contributed by atoms with Gasteiger partial charge < -0.3 is 4.90 Å². The number of halogens is 1. The summed E-state index contributed by atoms with van der Waals surface area (Å²) in [5.41, 5.74) is 0.320. The number of nitro groups is 1. The topological polar surface area (TPSA) is 63.5 Å². The predicted molar refractivity (Wildman–Crippen MR) is 84.3 cm³/mol. The molecular formula is C15H19BrN2O3. The molecule has 6 heteroatoms. The standard InChI is InChI=1S/C15H19BrN2O3/c1-10(2)7-8-17(11-3-4-11)15(19)13-9-12(18(20)21)5-6-14(13)16/h5-6,9-11H,3-4,7-8H2,1-2H3. The Morgan fingerprint density at radius 3 is 2.67 bits per heavy atom. The Morgan fingerprint density at radius 1 is 1.48 bits per heavy atom. The van der Waals surface area contributed by atoms with Crippen molar-refractivity contribution in [2.45, 2.75) is 39.2 Å². The first-order chi connectivity index (χ1) is 9.90. The van der Waals surface area contributed by atoms with Crippen molar-refractivity contribution in [3.05, 3.63) is 38.3 Å². The highest BCUT2D eigenvalue weighted by Gasteiger charge is 2.33. The van der Waals surface area contributed by atoms with Gasteiger partial charge >= 0.3 is 0 Å². The second-order valence-electron chi connectivity index (χ2n) is 5.83. The molecule has 1 saturated carbocycles. The minimum absolute atomic E-state index is 0.0545. The third-order valence-corrected chi connectivity index (χ3v) is 4.28. The van der Waals surface area contributed by atoms with Crippen molar-refractivity contribution in [2.75, 3.05) is 6.54 Å². The molecule has 0 spiro atoms. The van der Waals surface area contributed by atoms with E-state index in [4.69, 9.17) is 0 Å². The lowest BCUT2D eigenvalue weighted by atomic mass is 10.1. The zero-order valence-electron chi connectivity index (χ0n) is 12.2. The first-order valence-electron chi connectivity index (χ1n) is 7.15. The second kappa shape index (κ2) is 6.56. The van der Waals surface area contributed by atoms with Crippen LogP contribution >= 0.6 is 15.9 Å². The molecule has 1 aliphatic rings. The number of carbonyl (C=O) groups is 1. The highest BCUT2D eigenvalue weighted by atomic mass is 79.9. The van der Waals surface area contributed by atoms with E-state index in [2.05, 4.69) is 29.8 Å². The number of hydrogen-bond donors (Lipinski definition) is 0. The van der Waals surface area contributed by atoms with Gasteiger partial charge in [-0.3, -0.25) is 14.9 Å². The molecule has 0 aliphatic heterocycles. The summed E-state index contributed by atoms with van der Waals surface area (Å²) in [6.45, 7) is 4.95. The summed E-state index contributed by atoms with van der Waals surface area (Å²) in [4.78, 5) is 25.0. The van der Waals surface area contributed by atoms with Crippen LogP contribution in [0.15, 0.2) is 22.7 Å². The van der Waals surface area contributed by atoms with Crippen LogP contribution in [0.3, 0.4) is 0 Å². The molecular weight excluding hydrogens is 336 g/mol. The quantitative estimate of drug-likeness (QED) is 0.572. The average Bonchev–Trinajstić information content (AvgIpc) is 3.23. The molecule has 0 unspecified atom stereocenters. The van der Waals surface area contributed by atoms with E-state index in [9.17, 15) is 14.9 Å². The van der Waals surface area contributed by atoms with Gasteiger partial charge in [-0.25, -0.2) is 0 Å². The lowest BCUT2D eigenvalue weighted by molar-refractivity contribution is -0.384. The van der Waals surface area contributed by atoms with E-state index in [0.717, 1.165) is 19.3 Å². The zero-order chi connectivity index (χ0) is 15.6. The van der Waals surface area contributed by atoms with E-state index in [1.54, 1.807) is 6.07 Å². The molecule has 0 saturated heterocycles. The number of non-ortho nitro benzene ring substituents is 1. The number of benzene rings is 1. The van der Waals surface area contributed by atoms with E-state index in [-0.39, 0.29) is 11.6 Å².